The average molecular weight is 265 g/mol. The van der Waals surface area contributed by atoms with Gasteiger partial charge in [-0.25, -0.2) is 9.97 Å². The molecule has 0 radical (unpaired) electrons. The molecular weight excluding hydrogens is 256 g/mol. The van der Waals surface area contributed by atoms with Gasteiger partial charge in [-0.1, -0.05) is 17.7 Å². The molecule has 0 saturated carbocycles. The number of phenolic OH excluding ortho intramolecular Hbond substituents is 1. The van der Waals surface area contributed by atoms with Crippen molar-refractivity contribution in [2.24, 2.45) is 0 Å². The summed E-state index contributed by atoms with van der Waals surface area (Å²) in [5, 5.41) is 12.3. The standard InChI is InChI=1S/C11H9ClN4O2/c12-8-4-9(15-5-14-8)16-11(18)6-2-1-3-7(13)10(6)17/h1-5,17H,13H2,(H,14,15,16,18). The van der Waals surface area contributed by atoms with E-state index in [0.29, 0.717) is 0 Å². The number of nitrogen functional groups attached to an aromatic ring is 1. The van der Waals surface area contributed by atoms with Crippen LogP contribution < -0.4 is 11.1 Å². The topological polar surface area (TPSA) is 101 Å². The number of anilines is 2. The maximum absolute atomic E-state index is 11.9. The molecule has 1 aromatic heterocycles. The lowest BCUT2D eigenvalue weighted by Crippen LogP contribution is -2.13. The van der Waals surface area contributed by atoms with Gasteiger partial charge < -0.3 is 16.2 Å². The quantitative estimate of drug-likeness (QED) is 0.435. The summed E-state index contributed by atoms with van der Waals surface area (Å²) in [5.41, 5.74) is 5.69. The maximum Gasteiger partial charge on any atom is 0.260 e. The first-order valence-corrected chi connectivity index (χ1v) is 5.32. The Bertz CT molecular complexity index is 603. The molecule has 0 saturated heterocycles. The summed E-state index contributed by atoms with van der Waals surface area (Å²) >= 11 is 5.66. The highest BCUT2D eigenvalue weighted by Gasteiger charge is 2.13. The van der Waals surface area contributed by atoms with Crippen LogP contribution in [0.5, 0.6) is 5.75 Å². The zero-order valence-electron chi connectivity index (χ0n) is 9.09. The van der Waals surface area contributed by atoms with E-state index in [0.717, 1.165) is 0 Å². The van der Waals surface area contributed by atoms with Crippen LogP contribution in [0.4, 0.5) is 11.5 Å². The minimum absolute atomic E-state index is 0.0599. The largest absolute Gasteiger partial charge is 0.505 e. The second-order valence-corrected chi connectivity index (χ2v) is 3.81. The molecule has 92 valence electrons. The lowest BCUT2D eigenvalue weighted by atomic mass is 10.1. The molecule has 0 aliphatic rings. The van der Waals surface area contributed by atoms with Crippen molar-refractivity contribution >= 4 is 29.0 Å². The maximum atomic E-state index is 11.9. The van der Waals surface area contributed by atoms with E-state index in [2.05, 4.69) is 15.3 Å². The summed E-state index contributed by atoms with van der Waals surface area (Å²) < 4.78 is 0. The van der Waals surface area contributed by atoms with Crippen molar-refractivity contribution in [1.29, 1.82) is 0 Å². The molecule has 0 atom stereocenters. The van der Waals surface area contributed by atoms with E-state index in [-0.39, 0.29) is 28.0 Å². The van der Waals surface area contributed by atoms with Gasteiger partial charge >= 0.3 is 0 Å². The number of hydrogen-bond acceptors (Lipinski definition) is 5. The van der Waals surface area contributed by atoms with E-state index in [1.807, 2.05) is 0 Å². The van der Waals surface area contributed by atoms with Gasteiger partial charge in [0, 0.05) is 6.07 Å². The molecule has 2 rings (SSSR count). The third kappa shape index (κ3) is 2.49. The Kier molecular flexibility index (Phi) is 3.29. The summed E-state index contributed by atoms with van der Waals surface area (Å²) in [6.45, 7) is 0. The first-order chi connectivity index (χ1) is 8.58. The Labute approximate surface area is 107 Å². The Morgan fingerprint density at radius 3 is 2.89 bits per heavy atom. The SMILES string of the molecule is Nc1cccc(C(=O)Nc2cc(Cl)ncn2)c1O. The van der Waals surface area contributed by atoms with Gasteiger partial charge in [-0.2, -0.15) is 0 Å². The van der Waals surface area contributed by atoms with Crippen LogP contribution in [0.25, 0.3) is 0 Å². The molecule has 7 heteroatoms. The molecule has 0 fully saturated rings. The number of aromatic nitrogens is 2. The number of carbonyl (C=O) groups excluding carboxylic acids is 1. The molecular formula is C11H9ClN4O2. The van der Waals surface area contributed by atoms with Crippen LogP contribution >= 0.6 is 11.6 Å². The summed E-state index contributed by atoms with van der Waals surface area (Å²) in [4.78, 5) is 19.4. The molecule has 0 bridgehead atoms. The minimum Gasteiger partial charge on any atom is -0.505 e. The fourth-order valence-corrected chi connectivity index (χ4v) is 1.48. The number of phenols is 1. The number of hydrogen-bond donors (Lipinski definition) is 3. The van der Waals surface area contributed by atoms with Crippen LogP contribution in [-0.2, 0) is 0 Å². The van der Waals surface area contributed by atoms with Crippen LogP contribution in [-0.4, -0.2) is 21.0 Å². The number of amides is 1. The number of benzene rings is 1. The van der Waals surface area contributed by atoms with Gasteiger partial charge in [0.2, 0.25) is 0 Å². The highest BCUT2D eigenvalue weighted by molar-refractivity contribution is 6.29. The molecule has 4 N–H and O–H groups in total. The number of aromatic hydroxyl groups is 1. The molecule has 0 unspecified atom stereocenters. The lowest BCUT2D eigenvalue weighted by Gasteiger charge is -2.07. The van der Waals surface area contributed by atoms with E-state index in [1.54, 1.807) is 6.07 Å². The van der Waals surface area contributed by atoms with Crippen molar-refractivity contribution in [3.8, 4) is 5.75 Å². The monoisotopic (exact) mass is 264 g/mol. The van der Waals surface area contributed by atoms with Gasteiger partial charge in [0.05, 0.1) is 11.3 Å². The zero-order valence-corrected chi connectivity index (χ0v) is 9.85. The Morgan fingerprint density at radius 2 is 2.17 bits per heavy atom. The number of nitrogens with two attached hydrogens (primary N) is 1. The van der Waals surface area contributed by atoms with Crippen molar-refractivity contribution < 1.29 is 9.90 Å². The molecule has 1 heterocycles. The van der Waals surface area contributed by atoms with Crippen molar-refractivity contribution in [3.63, 3.8) is 0 Å². The van der Waals surface area contributed by atoms with Gasteiger partial charge in [-0.15, -0.1) is 0 Å². The van der Waals surface area contributed by atoms with Crippen LogP contribution in [0.3, 0.4) is 0 Å². The molecule has 0 aliphatic heterocycles. The van der Waals surface area contributed by atoms with Gasteiger partial charge in [0.1, 0.15) is 17.3 Å². The average Bonchev–Trinajstić information content (AvgIpc) is 2.32. The van der Waals surface area contributed by atoms with Crippen LogP contribution in [0.1, 0.15) is 10.4 Å². The summed E-state index contributed by atoms with van der Waals surface area (Å²) in [6, 6.07) is 5.90. The smallest absolute Gasteiger partial charge is 0.260 e. The number of carbonyl (C=O) groups is 1. The molecule has 6 nitrogen and oxygen atoms in total. The molecule has 1 aromatic carbocycles. The predicted octanol–water partition coefficient (Wildman–Crippen LogP) is 1.67. The summed E-state index contributed by atoms with van der Waals surface area (Å²) in [6.07, 6.45) is 1.22. The highest BCUT2D eigenvalue weighted by atomic mass is 35.5. The number of nitrogens with one attached hydrogen (secondary N) is 1. The highest BCUT2D eigenvalue weighted by Crippen LogP contribution is 2.25. The molecule has 2 aromatic rings. The summed E-state index contributed by atoms with van der Waals surface area (Å²) in [7, 11) is 0. The number of halogens is 1. The molecule has 18 heavy (non-hydrogen) atoms. The van der Waals surface area contributed by atoms with Crippen LogP contribution in [0, 0.1) is 0 Å². The first-order valence-electron chi connectivity index (χ1n) is 4.94. The number of rotatable bonds is 2. The van der Waals surface area contributed by atoms with E-state index in [1.165, 1.54) is 24.5 Å². The fraction of sp³-hybridized carbons (Fsp3) is 0. The first kappa shape index (κ1) is 12.1. The minimum atomic E-state index is -0.533. The van der Waals surface area contributed by atoms with Crippen molar-refractivity contribution in [2.45, 2.75) is 0 Å². The van der Waals surface area contributed by atoms with E-state index < -0.39 is 5.91 Å². The molecule has 0 spiro atoms. The number of para-hydroxylation sites is 1. The predicted molar refractivity (Wildman–Crippen MR) is 67.5 cm³/mol. The Balaban J connectivity index is 2.25. The fourth-order valence-electron chi connectivity index (χ4n) is 1.33. The van der Waals surface area contributed by atoms with E-state index >= 15 is 0 Å². The van der Waals surface area contributed by atoms with Gasteiger partial charge in [0.25, 0.3) is 5.91 Å². The lowest BCUT2D eigenvalue weighted by molar-refractivity contribution is 0.102. The van der Waals surface area contributed by atoms with Gasteiger partial charge in [-0.05, 0) is 12.1 Å². The van der Waals surface area contributed by atoms with Crippen LogP contribution in [0.2, 0.25) is 5.15 Å². The van der Waals surface area contributed by atoms with E-state index in [4.69, 9.17) is 17.3 Å². The van der Waals surface area contributed by atoms with Crippen molar-refractivity contribution in [3.05, 3.63) is 41.3 Å². The zero-order chi connectivity index (χ0) is 13.1. The summed E-state index contributed by atoms with van der Waals surface area (Å²) in [5.74, 6) is -0.563. The van der Waals surface area contributed by atoms with E-state index in [9.17, 15) is 9.90 Å². The Hall–Kier alpha value is -2.34. The van der Waals surface area contributed by atoms with Crippen molar-refractivity contribution in [2.75, 3.05) is 11.1 Å². The van der Waals surface area contributed by atoms with Crippen LogP contribution in [0.15, 0.2) is 30.6 Å². The van der Waals surface area contributed by atoms with Crippen molar-refractivity contribution in [1.82, 2.24) is 9.97 Å². The molecule has 0 aliphatic carbocycles. The van der Waals surface area contributed by atoms with Gasteiger partial charge in [-0.3, -0.25) is 4.79 Å². The molecule has 1 amide bonds. The van der Waals surface area contributed by atoms with Gasteiger partial charge in [0.15, 0.2) is 5.75 Å². The number of nitrogens with zero attached hydrogens (tertiary/aromatic N) is 2. The third-order valence-electron chi connectivity index (χ3n) is 2.19. The second-order valence-electron chi connectivity index (χ2n) is 3.42. The third-order valence-corrected chi connectivity index (χ3v) is 2.39. The normalized spacial score (nSPS) is 10.1. The Morgan fingerprint density at radius 1 is 1.39 bits per heavy atom. The second kappa shape index (κ2) is 4.89.